The molecule has 0 saturated heterocycles. The number of rotatable bonds is 9. The summed E-state index contributed by atoms with van der Waals surface area (Å²) in [7, 11) is 0. The Morgan fingerprint density at radius 3 is 2.38 bits per heavy atom. The molecule has 3 unspecified atom stereocenters. The second-order valence-electron chi connectivity index (χ2n) is 5.84. The summed E-state index contributed by atoms with van der Waals surface area (Å²) in [6.07, 6.45) is 4.82. The van der Waals surface area contributed by atoms with E-state index in [1.807, 2.05) is 0 Å². The van der Waals surface area contributed by atoms with Crippen LogP contribution in [0.2, 0.25) is 0 Å². The van der Waals surface area contributed by atoms with Crippen LogP contribution in [0.1, 0.15) is 57.8 Å². The van der Waals surface area contributed by atoms with Crippen molar-refractivity contribution in [1.29, 1.82) is 0 Å². The first-order chi connectivity index (χ1) is 10.0. The summed E-state index contributed by atoms with van der Waals surface area (Å²) in [6, 6.07) is 0. The van der Waals surface area contributed by atoms with Crippen LogP contribution < -0.4 is 5.32 Å². The highest BCUT2D eigenvalue weighted by molar-refractivity contribution is 5.79. The molecule has 0 spiro atoms. The first kappa shape index (κ1) is 17.9. The summed E-state index contributed by atoms with van der Waals surface area (Å²) in [4.78, 5) is 22.2. The van der Waals surface area contributed by atoms with E-state index < -0.39 is 24.1 Å². The molecule has 0 aromatic rings. The molecule has 122 valence electrons. The van der Waals surface area contributed by atoms with Gasteiger partial charge in [0.15, 0.2) is 0 Å². The molecule has 4 N–H and O–H groups in total. The van der Waals surface area contributed by atoms with Gasteiger partial charge in [0.25, 0.3) is 0 Å². The maximum Gasteiger partial charge on any atom is 0.303 e. The number of amides is 1. The smallest absolute Gasteiger partial charge is 0.303 e. The Bertz CT molecular complexity index is 334. The number of carbonyl (C=O) groups excluding carboxylic acids is 1. The van der Waals surface area contributed by atoms with Crippen LogP contribution in [0.3, 0.4) is 0 Å². The predicted molar refractivity (Wildman–Crippen MR) is 77.7 cm³/mol. The van der Waals surface area contributed by atoms with Crippen LogP contribution in [0, 0.1) is 5.92 Å². The molecule has 0 aromatic carbocycles. The molecule has 0 aromatic heterocycles. The van der Waals surface area contributed by atoms with Crippen LogP contribution in [0.5, 0.6) is 0 Å². The zero-order chi connectivity index (χ0) is 15.7. The van der Waals surface area contributed by atoms with Crippen molar-refractivity contribution in [2.75, 3.05) is 6.54 Å². The van der Waals surface area contributed by atoms with Gasteiger partial charge in [-0.3, -0.25) is 9.59 Å². The van der Waals surface area contributed by atoms with Crippen LogP contribution in [0.25, 0.3) is 0 Å². The molecule has 0 heterocycles. The summed E-state index contributed by atoms with van der Waals surface area (Å²) in [6.45, 7) is 0.567. The predicted octanol–water partition coefficient (Wildman–Crippen LogP) is 1.05. The molecule has 0 aliphatic heterocycles. The third-order valence-electron chi connectivity index (χ3n) is 3.99. The van der Waals surface area contributed by atoms with E-state index in [1.54, 1.807) is 0 Å². The van der Waals surface area contributed by atoms with Crippen molar-refractivity contribution in [3.8, 4) is 0 Å². The van der Waals surface area contributed by atoms with Crippen molar-refractivity contribution < 1.29 is 24.9 Å². The van der Waals surface area contributed by atoms with Crippen LogP contribution >= 0.6 is 0 Å². The molecule has 1 saturated carbocycles. The van der Waals surface area contributed by atoms with Gasteiger partial charge in [-0.25, -0.2) is 0 Å². The maximum atomic E-state index is 11.9. The second kappa shape index (κ2) is 9.73. The summed E-state index contributed by atoms with van der Waals surface area (Å²) in [5.74, 6) is -1.42. The fourth-order valence-corrected chi connectivity index (χ4v) is 2.69. The number of aliphatic carboxylic acids is 1. The molecule has 1 fully saturated rings. The third-order valence-corrected chi connectivity index (χ3v) is 3.99. The molecule has 1 rings (SSSR count). The van der Waals surface area contributed by atoms with Gasteiger partial charge in [-0.05, 0) is 32.1 Å². The fourth-order valence-electron chi connectivity index (χ4n) is 2.69. The minimum absolute atomic E-state index is 0.174. The van der Waals surface area contributed by atoms with E-state index in [0.29, 0.717) is 32.2 Å². The second-order valence-corrected chi connectivity index (χ2v) is 5.84. The highest BCUT2D eigenvalue weighted by atomic mass is 16.4. The molecule has 1 aliphatic rings. The van der Waals surface area contributed by atoms with Crippen molar-refractivity contribution in [3.05, 3.63) is 0 Å². The number of hydrogen-bond donors (Lipinski definition) is 4. The molecule has 6 heteroatoms. The van der Waals surface area contributed by atoms with E-state index in [1.165, 1.54) is 0 Å². The van der Waals surface area contributed by atoms with Gasteiger partial charge >= 0.3 is 5.97 Å². The van der Waals surface area contributed by atoms with E-state index in [4.69, 9.17) is 5.11 Å². The van der Waals surface area contributed by atoms with Gasteiger partial charge < -0.3 is 20.6 Å². The quantitative estimate of drug-likeness (QED) is 0.476. The van der Waals surface area contributed by atoms with Gasteiger partial charge in [0.1, 0.15) is 0 Å². The van der Waals surface area contributed by atoms with Crippen LogP contribution in [0.15, 0.2) is 0 Å². The van der Waals surface area contributed by atoms with Gasteiger partial charge in [-0.1, -0.05) is 19.3 Å². The van der Waals surface area contributed by atoms with Crippen LogP contribution in [-0.4, -0.2) is 45.9 Å². The summed E-state index contributed by atoms with van der Waals surface area (Å²) >= 11 is 0. The minimum Gasteiger partial charge on any atom is -0.481 e. The Balaban J connectivity index is 2.04. The first-order valence-corrected chi connectivity index (χ1v) is 7.86. The third kappa shape index (κ3) is 7.43. The standard InChI is InChI=1S/C15H27NO5/c17-11-7-8-13(18)12(10-11)15(21)16-9-5-3-1-2-4-6-14(19)20/h11-13,17-18H,1-10H2,(H,16,21)(H,19,20). The number of aliphatic hydroxyl groups is 2. The summed E-state index contributed by atoms with van der Waals surface area (Å²) < 4.78 is 0. The summed E-state index contributed by atoms with van der Waals surface area (Å²) in [5.41, 5.74) is 0. The molecule has 21 heavy (non-hydrogen) atoms. The number of unbranched alkanes of at least 4 members (excludes halogenated alkanes) is 4. The van der Waals surface area contributed by atoms with E-state index in [9.17, 15) is 19.8 Å². The Hall–Kier alpha value is -1.14. The molecule has 0 radical (unpaired) electrons. The van der Waals surface area contributed by atoms with E-state index >= 15 is 0 Å². The molecule has 1 aliphatic carbocycles. The van der Waals surface area contributed by atoms with E-state index in [-0.39, 0.29) is 12.3 Å². The van der Waals surface area contributed by atoms with Gasteiger partial charge in [0.2, 0.25) is 5.91 Å². The average Bonchev–Trinajstić information content (AvgIpc) is 2.43. The number of hydrogen-bond acceptors (Lipinski definition) is 4. The topological polar surface area (TPSA) is 107 Å². The van der Waals surface area contributed by atoms with Gasteiger partial charge in [-0.15, -0.1) is 0 Å². The van der Waals surface area contributed by atoms with Crippen molar-refractivity contribution in [1.82, 2.24) is 5.32 Å². The van der Waals surface area contributed by atoms with Crippen molar-refractivity contribution >= 4 is 11.9 Å². The molecular formula is C15H27NO5. The van der Waals surface area contributed by atoms with Gasteiger partial charge in [0, 0.05) is 13.0 Å². The highest BCUT2D eigenvalue weighted by Crippen LogP contribution is 2.24. The number of aliphatic hydroxyl groups excluding tert-OH is 2. The van der Waals surface area contributed by atoms with Crippen molar-refractivity contribution in [2.45, 2.75) is 70.0 Å². The monoisotopic (exact) mass is 301 g/mol. The zero-order valence-electron chi connectivity index (χ0n) is 12.5. The Morgan fingerprint density at radius 2 is 1.67 bits per heavy atom. The lowest BCUT2D eigenvalue weighted by molar-refractivity contribution is -0.137. The van der Waals surface area contributed by atoms with Gasteiger partial charge in [-0.2, -0.15) is 0 Å². The minimum atomic E-state index is -0.754. The number of nitrogens with one attached hydrogen (secondary N) is 1. The lowest BCUT2D eigenvalue weighted by Crippen LogP contribution is -2.42. The maximum absolute atomic E-state index is 11.9. The lowest BCUT2D eigenvalue weighted by atomic mass is 9.84. The molecule has 0 bridgehead atoms. The normalized spacial score (nSPS) is 25.5. The average molecular weight is 301 g/mol. The zero-order valence-corrected chi connectivity index (χ0v) is 12.5. The molecular weight excluding hydrogens is 274 g/mol. The van der Waals surface area contributed by atoms with Crippen LogP contribution in [0.4, 0.5) is 0 Å². The number of carbonyl (C=O) groups is 2. The van der Waals surface area contributed by atoms with Gasteiger partial charge in [0.05, 0.1) is 18.1 Å². The Kier molecular flexibility index (Phi) is 8.30. The number of carboxylic acids is 1. The van der Waals surface area contributed by atoms with E-state index in [0.717, 1.165) is 25.7 Å². The lowest BCUT2D eigenvalue weighted by Gasteiger charge is -2.29. The highest BCUT2D eigenvalue weighted by Gasteiger charge is 2.33. The number of carboxylic acid groups (broad SMARTS) is 1. The first-order valence-electron chi connectivity index (χ1n) is 7.86. The Labute approximate surface area is 125 Å². The summed E-state index contributed by atoms with van der Waals surface area (Å²) in [5, 5.41) is 30.6. The SMILES string of the molecule is O=C(O)CCCCCCCNC(=O)C1CC(O)CCC1O. The molecule has 3 atom stereocenters. The van der Waals surface area contributed by atoms with Crippen molar-refractivity contribution in [2.24, 2.45) is 5.92 Å². The molecule has 1 amide bonds. The Morgan fingerprint density at radius 1 is 1.00 bits per heavy atom. The van der Waals surface area contributed by atoms with E-state index in [2.05, 4.69) is 5.32 Å². The fraction of sp³-hybridized carbons (Fsp3) is 0.867. The van der Waals surface area contributed by atoms with Crippen LogP contribution in [-0.2, 0) is 9.59 Å². The molecule has 6 nitrogen and oxygen atoms in total. The van der Waals surface area contributed by atoms with Crippen molar-refractivity contribution in [3.63, 3.8) is 0 Å². The largest absolute Gasteiger partial charge is 0.481 e.